The molecule has 0 saturated heterocycles. The molecule has 0 fully saturated rings. The lowest BCUT2D eigenvalue weighted by atomic mass is 10.1. The maximum absolute atomic E-state index is 3.23. The van der Waals surface area contributed by atoms with Crippen LogP contribution in [0.2, 0.25) is 0 Å². The van der Waals surface area contributed by atoms with Gasteiger partial charge in [0.05, 0.1) is 0 Å². The second-order valence-electron chi connectivity index (χ2n) is 7.04. The Bertz CT molecular complexity index is 525. The second kappa shape index (κ2) is 24.9. The summed E-state index contributed by atoms with van der Waals surface area (Å²) in [5, 5.41) is 12.7. The van der Waals surface area contributed by atoms with Crippen molar-refractivity contribution in [2.75, 3.05) is 23.0 Å². The van der Waals surface area contributed by atoms with E-state index in [1.54, 1.807) is 47.0 Å². The Hall–Kier alpha value is -0.360. The lowest BCUT2D eigenvalue weighted by Crippen LogP contribution is -1.81. The smallest absolute Gasteiger partial charge is 0.00976 e. The SMILES string of the molecule is C1#CSCCCCSC#CCCCCC1.C1#CSCCCCSC#CCCCCC1. The van der Waals surface area contributed by atoms with Crippen LogP contribution in [0.25, 0.3) is 0 Å². The average Bonchev–Trinajstić information content (AvgIpc) is 2.78. The zero-order chi connectivity index (χ0) is 21.2. The van der Waals surface area contributed by atoms with Crippen LogP contribution in [0, 0.1) is 44.7 Å². The highest BCUT2D eigenvalue weighted by Gasteiger charge is 1.91. The first kappa shape index (κ1) is 27.7. The standard InChI is InChI=1S/2C13H18S2/c2*1-2-4-6-10-14-12-8-9-13-15-11-7-5-3-1/h2*1-5,8-9,12-13H2. The highest BCUT2D eigenvalue weighted by Crippen LogP contribution is 2.10. The number of rotatable bonds is 0. The lowest BCUT2D eigenvalue weighted by Gasteiger charge is -1.93. The van der Waals surface area contributed by atoms with E-state index in [-0.39, 0.29) is 0 Å². The van der Waals surface area contributed by atoms with E-state index in [1.807, 2.05) is 0 Å². The van der Waals surface area contributed by atoms with Gasteiger partial charge >= 0.3 is 0 Å². The molecule has 0 spiro atoms. The molecule has 30 heavy (non-hydrogen) atoms. The summed E-state index contributed by atoms with van der Waals surface area (Å²) in [5.41, 5.74) is 0. The Balaban J connectivity index is 0.000000300. The molecule has 2 aliphatic heterocycles. The Kier molecular flexibility index (Phi) is 23.0. The van der Waals surface area contributed by atoms with Crippen molar-refractivity contribution in [1.29, 1.82) is 0 Å². The molecule has 4 heteroatoms. The predicted molar refractivity (Wildman–Crippen MR) is 146 cm³/mol. The van der Waals surface area contributed by atoms with Gasteiger partial charge in [0.2, 0.25) is 0 Å². The van der Waals surface area contributed by atoms with Crippen molar-refractivity contribution >= 4 is 47.0 Å². The minimum absolute atomic E-state index is 1.06. The maximum atomic E-state index is 3.23. The van der Waals surface area contributed by atoms with E-state index in [1.165, 1.54) is 87.2 Å². The van der Waals surface area contributed by atoms with Gasteiger partial charge in [-0.05, 0) is 72.4 Å². The van der Waals surface area contributed by atoms with Crippen LogP contribution in [0.15, 0.2) is 0 Å². The zero-order valence-corrected chi connectivity index (χ0v) is 21.6. The van der Waals surface area contributed by atoms with E-state index in [2.05, 4.69) is 44.7 Å². The van der Waals surface area contributed by atoms with E-state index in [9.17, 15) is 0 Å². The van der Waals surface area contributed by atoms with E-state index in [0.29, 0.717) is 0 Å². The van der Waals surface area contributed by atoms with Gasteiger partial charge in [0, 0.05) is 48.7 Å². The minimum Gasteiger partial charge on any atom is -0.0913 e. The van der Waals surface area contributed by atoms with Gasteiger partial charge in [0.1, 0.15) is 0 Å². The fraction of sp³-hybridized carbons (Fsp3) is 0.692. The summed E-state index contributed by atoms with van der Waals surface area (Å²) in [6.07, 6.45) is 16.9. The molecular weight excluding hydrogens is 441 g/mol. The molecule has 0 aliphatic carbocycles. The quantitative estimate of drug-likeness (QED) is 0.323. The van der Waals surface area contributed by atoms with Crippen molar-refractivity contribution in [3.8, 4) is 44.7 Å². The molecule has 0 aromatic rings. The van der Waals surface area contributed by atoms with E-state index >= 15 is 0 Å². The molecule has 0 N–H and O–H groups in total. The molecule has 164 valence electrons. The zero-order valence-electron chi connectivity index (χ0n) is 18.4. The lowest BCUT2D eigenvalue weighted by molar-refractivity contribution is 0.709. The first-order valence-electron chi connectivity index (χ1n) is 11.4. The molecule has 2 heterocycles. The Morgan fingerprint density at radius 2 is 0.567 bits per heavy atom. The van der Waals surface area contributed by atoms with Gasteiger partial charge in [-0.1, -0.05) is 83.6 Å². The summed E-state index contributed by atoms with van der Waals surface area (Å²) in [6.45, 7) is 0. The van der Waals surface area contributed by atoms with Crippen LogP contribution in [-0.4, -0.2) is 23.0 Å². The van der Waals surface area contributed by atoms with Crippen LogP contribution in [0.3, 0.4) is 0 Å². The Morgan fingerprint density at radius 3 is 0.833 bits per heavy atom. The molecule has 2 aliphatic rings. The van der Waals surface area contributed by atoms with Crippen molar-refractivity contribution in [1.82, 2.24) is 0 Å². The molecule has 0 nitrogen and oxygen atoms in total. The molecular formula is C26H36S4. The van der Waals surface area contributed by atoms with Crippen LogP contribution in [0.5, 0.6) is 0 Å². The second-order valence-corrected chi connectivity index (χ2v) is 10.6. The predicted octanol–water partition coefficient (Wildman–Crippen LogP) is 8.24. The molecule has 2 rings (SSSR count). The summed E-state index contributed by atoms with van der Waals surface area (Å²) in [4.78, 5) is 0. The number of thioether (sulfide) groups is 4. The molecule has 0 amide bonds. The molecule has 0 aromatic carbocycles. The minimum atomic E-state index is 1.06. The topological polar surface area (TPSA) is 0 Å². The summed E-state index contributed by atoms with van der Waals surface area (Å²) >= 11 is 7.11. The summed E-state index contributed by atoms with van der Waals surface area (Å²) in [6, 6.07) is 0. The van der Waals surface area contributed by atoms with Gasteiger partial charge in [-0.15, -0.1) is 0 Å². The van der Waals surface area contributed by atoms with Crippen LogP contribution >= 0.6 is 47.0 Å². The normalized spacial score (nSPS) is 19.7. The Labute approximate surface area is 203 Å². The summed E-state index contributed by atoms with van der Waals surface area (Å²) in [5.74, 6) is 17.6. The first-order valence-corrected chi connectivity index (χ1v) is 15.3. The van der Waals surface area contributed by atoms with Gasteiger partial charge in [-0.25, -0.2) is 0 Å². The fourth-order valence-corrected chi connectivity index (χ4v) is 5.13. The van der Waals surface area contributed by atoms with E-state index in [4.69, 9.17) is 0 Å². The third-order valence-corrected chi connectivity index (χ3v) is 7.40. The summed E-state index contributed by atoms with van der Waals surface area (Å²) < 4.78 is 0. The molecule has 0 saturated carbocycles. The summed E-state index contributed by atoms with van der Waals surface area (Å²) in [7, 11) is 0. The van der Waals surface area contributed by atoms with E-state index < -0.39 is 0 Å². The maximum Gasteiger partial charge on any atom is 0.00976 e. The third-order valence-electron chi connectivity index (χ3n) is 4.27. The van der Waals surface area contributed by atoms with E-state index in [0.717, 1.165) is 25.7 Å². The number of hydrogen-bond acceptors (Lipinski definition) is 4. The molecule has 0 aromatic heterocycles. The van der Waals surface area contributed by atoms with Gasteiger partial charge in [0.15, 0.2) is 0 Å². The van der Waals surface area contributed by atoms with Crippen LogP contribution in [0.4, 0.5) is 0 Å². The fourth-order valence-electron chi connectivity index (χ4n) is 2.52. The van der Waals surface area contributed by atoms with Gasteiger partial charge in [-0.2, -0.15) is 0 Å². The first-order chi connectivity index (χ1) is 15.0. The van der Waals surface area contributed by atoms with Crippen LogP contribution in [0.1, 0.15) is 89.9 Å². The average molecular weight is 477 g/mol. The monoisotopic (exact) mass is 476 g/mol. The third kappa shape index (κ3) is 22.3. The highest BCUT2D eigenvalue weighted by atomic mass is 32.2. The molecule has 0 atom stereocenters. The Morgan fingerprint density at radius 1 is 0.300 bits per heavy atom. The van der Waals surface area contributed by atoms with Crippen molar-refractivity contribution < 1.29 is 0 Å². The van der Waals surface area contributed by atoms with Gasteiger partial charge in [0.25, 0.3) is 0 Å². The van der Waals surface area contributed by atoms with Crippen molar-refractivity contribution in [2.45, 2.75) is 89.9 Å². The molecule has 0 bridgehead atoms. The van der Waals surface area contributed by atoms with Crippen LogP contribution < -0.4 is 0 Å². The highest BCUT2D eigenvalue weighted by molar-refractivity contribution is 8.04. The van der Waals surface area contributed by atoms with Gasteiger partial charge in [-0.3, -0.25) is 0 Å². The van der Waals surface area contributed by atoms with Crippen molar-refractivity contribution in [3.63, 3.8) is 0 Å². The number of hydrogen-bond donors (Lipinski definition) is 0. The largest absolute Gasteiger partial charge is 0.0913 e. The molecule has 0 radical (unpaired) electrons. The van der Waals surface area contributed by atoms with Crippen LogP contribution in [-0.2, 0) is 0 Å². The van der Waals surface area contributed by atoms with Crippen molar-refractivity contribution in [2.24, 2.45) is 0 Å². The van der Waals surface area contributed by atoms with Crippen molar-refractivity contribution in [3.05, 3.63) is 0 Å². The van der Waals surface area contributed by atoms with Gasteiger partial charge < -0.3 is 0 Å². The molecule has 0 unspecified atom stereocenters.